The van der Waals surface area contributed by atoms with Gasteiger partial charge in [0, 0.05) is 0 Å². The predicted molar refractivity (Wildman–Crippen MR) is 46.7 cm³/mol. The Kier molecular flexibility index (Phi) is 6.52. The van der Waals surface area contributed by atoms with E-state index < -0.39 is 23.1 Å². The highest BCUT2D eigenvalue weighted by molar-refractivity contribution is 7.67. The lowest BCUT2D eigenvalue weighted by Gasteiger charge is -2.07. The fourth-order valence-corrected chi connectivity index (χ4v) is 0.951. The Balaban J connectivity index is 3.69. The topological polar surface area (TPSA) is 69.7 Å². The van der Waals surface area contributed by atoms with Crippen LogP contribution in [-0.2, 0) is 24.7 Å². The van der Waals surface area contributed by atoms with Crippen molar-refractivity contribution in [1.29, 1.82) is 0 Å². The Labute approximate surface area is 79.2 Å². The quantitative estimate of drug-likeness (QED) is 0.387. The van der Waals surface area contributed by atoms with Crippen LogP contribution in [0.5, 0.6) is 0 Å². The summed E-state index contributed by atoms with van der Waals surface area (Å²) in [6, 6.07) is 0. The number of rotatable bonds is 6. The molecule has 0 aromatic rings. The van der Waals surface area contributed by atoms with E-state index in [9.17, 15) is 13.2 Å². The summed E-state index contributed by atoms with van der Waals surface area (Å²) < 4.78 is 29.0. The summed E-state index contributed by atoms with van der Waals surface area (Å²) in [6.45, 7) is 3.60. The second kappa shape index (κ2) is 6.85. The van der Waals surface area contributed by atoms with E-state index in [1.165, 1.54) is 6.92 Å². The molecule has 0 saturated heterocycles. The number of thiol groups is 1. The van der Waals surface area contributed by atoms with Gasteiger partial charge in [0.05, 0.1) is 6.61 Å². The number of ether oxygens (including phenoxy) is 1. The molecular weight excluding hydrogens is 196 g/mol. The maximum Gasteiger partial charge on any atom is 0.336 e. The van der Waals surface area contributed by atoms with Crippen molar-refractivity contribution in [3.05, 3.63) is 0 Å². The predicted octanol–water partition coefficient (Wildman–Crippen LogP) is 0.261. The first-order valence-electron chi connectivity index (χ1n) is 4.05. The average molecular weight is 210 g/mol. The highest BCUT2D eigenvalue weighted by atomic mass is 32.2. The normalized spacial score (nSPS) is 12.8. The summed E-state index contributed by atoms with van der Waals surface area (Å²) in [7, 11) is -2.99. The maximum absolute atomic E-state index is 10.9. The molecule has 0 spiro atoms. The van der Waals surface area contributed by atoms with Gasteiger partial charge in [0.2, 0.25) is 0 Å². The second-order valence-corrected chi connectivity index (χ2v) is 3.15. The third kappa shape index (κ3) is 6.53. The Hall–Kier alpha value is -0.620. The number of unbranched alkanes of at least 4 members (excludes halogenated alkanes) is 1. The Morgan fingerprint density at radius 2 is 2.08 bits per heavy atom. The molecule has 1 unspecified atom stereocenters. The molecule has 0 bridgehead atoms. The van der Waals surface area contributed by atoms with Gasteiger partial charge in [-0.05, 0) is 13.3 Å². The molecule has 13 heavy (non-hydrogen) atoms. The van der Waals surface area contributed by atoms with Crippen LogP contribution in [0.25, 0.3) is 0 Å². The van der Waals surface area contributed by atoms with Crippen molar-refractivity contribution in [1.82, 2.24) is 0 Å². The molecule has 0 saturated carbocycles. The van der Waals surface area contributed by atoms with E-state index in [-0.39, 0.29) is 0 Å². The third-order valence-corrected chi connectivity index (χ3v) is 1.81. The minimum Gasteiger partial charge on any atom is -0.464 e. The molecule has 0 fully saturated rings. The van der Waals surface area contributed by atoms with Crippen molar-refractivity contribution < 1.29 is 22.1 Å². The van der Waals surface area contributed by atoms with Gasteiger partial charge < -0.3 is 4.74 Å². The first-order valence-corrected chi connectivity index (χ1v) is 5.15. The Bertz CT molecular complexity index is 215. The van der Waals surface area contributed by atoms with Gasteiger partial charge in [-0.25, -0.2) is 13.2 Å². The van der Waals surface area contributed by atoms with E-state index in [2.05, 4.69) is 4.18 Å². The summed E-state index contributed by atoms with van der Waals surface area (Å²) in [6.07, 6.45) is 0.637. The molecule has 0 aromatic heterocycles. The molecule has 0 rings (SSSR count). The summed E-state index contributed by atoms with van der Waals surface area (Å²) in [5.74, 6) is -0.646. The van der Waals surface area contributed by atoms with Gasteiger partial charge in [-0.3, -0.25) is 4.18 Å². The lowest BCUT2D eigenvalue weighted by Crippen LogP contribution is -2.23. The largest absolute Gasteiger partial charge is 0.464 e. The van der Waals surface area contributed by atoms with Crippen molar-refractivity contribution in [2.45, 2.75) is 32.8 Å². The molecule has 1 atom stereocenters. The van der Waals surface area contributed by atoms with E-state index >= 15 is 0 Å². The van der Waals surface area contributed by atoms with Crippen molar-refractivity contribution in [3.8, 4) is 0 Å². The highest BCUT2D eigenvalue weighted by Crippen LogP contribution is 1.96. The van der Waals surface area contributed by atoms with Crippen LogP contribution in [0, 0.1) is 0 Å². The van der Waals surface area contributed by atoms with Gasteiger partial charge in [0.1, 0.15) is 0 Å². The van der Waals surface area contributed by atoms with Gasteiger partial charge >= 0.3 is 5.97 Å². The Morgan fingerprint density at radius 1 is 1.46 bits per heavy atom. The van der Waals surface area contributed by atoms with Crippen LogP contribution in [0.15, 0.2) is 0 Å². The van der Waals surface area contributed by atoms with E-state index in [0.29, 0.717) is 6.61 Å². The molecule has 78 valence electrons. The van der Waals surface area contributed by atoms with Gasteiger partial charge in [0.25, 0.3) is 11.0 Å². The molecule has 0 amide bonds. The van der Waals surface area contributed by atoms with Crippen molar-refractivity contribution in [3.63, 3.8) is 0 Å². The van der Waals surface area contributed by atoms with Crippen molar-refractivity contribution >= 4 is 17.0 Å². The fraction of sp³-hybridized carbons (Fsp3) is 0.857. The van der Waals surface area contributed by atoms with Crippen LogP contribution in [-0.4, -0.2) is 27.1 Å². The summed E-state index contributed by atoms with van der Waals surface area (Å²) >= 11 is 0. The SMILES string of the molecule is CCCCOC(=O)C(C)O[SH](=O)=O. The zero-order valence-corrected chi connectivity index (χ0v) is 8.58. The summed E-state index contributed by atoms with van der Waals surface area (Å²) in [5.41, 5.74) is 0. The highest BCUT2D eigenvalue weighted by Gasteiger charge is 2.15. The number of esters is 1. The molecule has 0 heterocycles. The van der Waals surface area contributed by atoms with Crippen LogP contribution >= 0.6 is 0 Å². The van der Waals surface area contributed by atoms with Crippen LogP contribution in [0.3, 0.4) is 0 Å². The van der Waals surface area contributed by atoms with Gasteiger partial charge in [-0.1, -0.05) is 13.3 Å². The minimum absolute atomic E-state index is 0.304. The number of hydrogen-bond donors (Lipinski definition) is 1. The van der Waals surface area contributed by atoms with Crippen LogP contribution < -0.4 is 0 Å². The lowest BCUT2D eigenvalue weighted by atomic mass is 10.3. The lowest BCUT2D eigenvalue weighted by molar-refractivity contribution is -0.150. The molecule has 0 N–H and O–H groups in total. The van der Waals surface area contributed by atoms with E-state index in [4.69, 9.17) is 4.74 Å². The van der Waals surface area contributed by atoms with Gasteiger partial charge in [-0.15, -0.1) is 0 Å². The van der Waals surface area contributed by atoms with Crippen LogP contribution in [0.1, 0.15) is 26.7 Å². The Morgan fingerprint density at radius 3 is 2.54 bits per heavy atom. The third-order valence-electron chi connectivity index (χ3n) is 1.32. The molecule has 6 heteroatoms. The van der Waals surface area contributed by atoms with Crippen molar-refractivity contribution in [2.24, 2.45) is 0 Å². The molecular formula is C7H14O5S. The average Bonchev–Trinajstić information content (AvgIpc) is 2.03. The smallest absolute Gasteiger partial charge is 0.336 e. The standard InChI is InChI=1S/C7H14O5S/c1-3-4-5-11-7(8)6(2)12-13(9)10/h6,13H,3-5H2,1-2H3. The molecule has 5 nitrogen and oxygen atoms in total. The molecule has 0 aliphatic rings. The summed E-state index contributed by atoms with van der Waals surface area (Å²) in [4.78, 5) is 10.9. The molecule has 0 aromatic carbocycles. The first-order chi connectivity index (χ1) is 6.07. The first kappa shape index (κ1) is 12.4. The number of carbonyl (C=O) groups excluding carboxylic acids is 1. The second-order valence-electron chi connectivity index (χ2n) is 2.49. The van der Waals surface area contributed by atoms with Crippen LogP contribution in [0.4, 0.5) is 0 Å². The number of carbonyl (C=O) groups is 1. The monoisotopic (exact) mass is 210 g/mol. The molecule has 0 aliphatic heterocycles. The summed E-state index contributed by atoms with van der Waals surface area (Å²) in [5, 5.41) is 0. The fourth-order valence-electron chi connectivity index (χ4n) is 0.607. The van der Waals surface area contributed by atoms with E-state index in [1.807, 2.05) is 6.92 Å². The van der Waals surface area contributed by atoms with Gasteiger partial charge in [-0.2, -0.15) is 0 Å². The minimum atomic E-state index is -2.99. The van der Waals surface area contributed by atoms with E-state index in [1.54, 1.807) is 0 Å². The molecule has 0 radical (unpaired) electrons. The van der Waals surface area contributed by atoms with Crippen molar-refractivity contribution in [2.75, 3.05) is 6.61 Å². The maximum atomic E-state index is 10.9. The molecule has 0 aliphatic carbocycles. The zero-order chi connectivity index (χ0) is 10.3. The number of hydrogen-bond acceptors (Lipinski definition) is 5. The van der Waals surface area contributed by atoms with E-state index in [0.717, 1.165) is 12.8 Å². The van der Waals surface area contributed by atoms with Crippen LogP contribution in [0.2, 0.25) is 0 Å². The van der Waals surface area contributed by atoms with Gasteiger partial charge in [0.15, 0.2) is 6.10 Å². The zero-order valence-electron chi connectivity index (χ0n) is 7.69.